The number of aliphatic hydroxyl groups excluding tert-OH is 1. The fraction of sp³-hybridized carbons (Fsp3) is 0.375. The quantitative estimate of drug-likeness (QED) is 0.712. The van der Waals surface area contributed by atoms with Crippen molar-refractivity contribution < 1.29 is 15.0 Å². The third-order valence-electron chi connectivity index (χ3n) is 3.33. The summed E-state index contributed by atoms with van der Waals surface area (Å²) < 4.78 is 1.73. The van der Waals surface area contributed by atoms with E-state index in [9.17, 15) is 15.0 Å². The molecule has 1 aromatic heterocycles. The molecular weight excluding hydrogens is 282 g/mol. The Hall–Kier alpha value is -2.34. The first-order chi connectivity index (χ1) is 10.6. The number of nitrogens with zero attached hydrogens (tertiary/aromatic N) is 2. The summed E-state index contributed by atoms with van der Waals surface area (Å²) in [5, 5.41) is 25.6. The van der Waals surface area contributed by atoms with Crippen molar-refractivity contribution in [1.29, 1.82) is 0 Å². The van der Waals surface area contributed by atoms with Crippen LogP contribution in [0.3, 0.4) is 0 Å². The molecule has 118 valence electrons. The normalized spacial score (nSPS) is 12.1. The maximum absolute atomic E-state index is 11.9. The van der Waals surface area contributed by atoms with Crippen molar-refractivity contribution in [2.75, 3.05) is 6.61 Å². The smallest absolute Gasteiger partial charge is 0.222 e. The zero-order valence-electron chi connectivity index (χ0n) is 12.6. The van der Waals surface area contributed by atoms with Gasteiger partial charge in [0, 0.05) is 19.2 Å². The summed E-state index contributed by atoms with van der Waals surface area (Å²) in [5.74, 6) is 0.0776. The molecule has 1 aromatic carbocycles. The van der Waals surface area contributed by atoms with Gasteiger partial charge in [0.05, 0.1) is 18.8 Å². The monoisotopic (exact) mass is 303 g/mol. The highest BCUT2D eigenvalue weighted by Crippen LogP contribution is 2.11. The fourth-order valence-electron chi connectivity index (χ4n) is 2.18. The largest absolute Gasteiger partial charge is 0.508 e. The summed E-state index contributed by atoms with van der Waals surface area (Å²) in [4.78, 5) is 11.9. The third-order valence-corrected chi connectivity index (χ3v) is 3.33. The van der Waals surface area contributed by atoms with Crippen molar-refractivity contribution in [2.45, 2.75) is 32.4 Å². The van der Waals surface area contributed by atoms with Crippen LogP contribution < -0.4 is 5.32 Å². The van der Waals surface area contributed by atoms with Crippen LogP contribution in [0.2, 0.25) is 0 Å². The van der Waals surface area contributed by atoms with E-state index in [0.29, 0.717) is 19.4 Å². The molecule has 0 saturated heterocycles. The van der Waals surface area contributed by atoms with Crippen molar-refractivity contribution in [3.8, 4) is 5.75 Å². The molecule has 0 fully saturated rings. The van der Waals surface area contributed by atoms with Gasteiger partial charge in [-0.2, -0.15) is 5.10 Å². The second-order valence-electron chi connectivity index (χ2n) is 5.35. The highest BCUT2D eigenvalue weighted by atomic mass is 16.3. The highest BCUT2D eigenvalue weighted by molar-refractivity contribution is 5.76. The number of nitrogens with one attached hydrogen (secondary N) is 1. The first-order valence-electron chi connectivity index (χ1n) is 7.24. The van der Waals surface area contributed by atoms with Crippen LogP contribution in [-0.2, 0) is 17.8 Å². The molecule has 1 heterocycles. The first-order valence-corrected chi connectivity index (χ1v) is 7.24. The predicted octanol–water partition coefficient (Wildman–Crippen LogP) is 1.01. The van der Waals surface area contributed by atoms with E-state index >= 15 is 0 Å². The first kappa shape index (κ1) is 16.0. The number of carbonyl (C=O) groups excluding carboxylic acids is 1. The lowest BCUT2D eigenvalue weighted by Crippen LogP contribution is -2.39. The molecule has 0 unspecified atom stereocenters. The van der Waals surface area contributed by atoms with Gasteiger partial charge in [-0.1, -0.05) is 12.1 Å². The number of rotatable bonds is 7. The number of amides is 1. The topological polar surface area (TPSA) is 87.4 Å². The summed E-state index contributed by atoms with van der Waals surface area (Å²) in [7, 11) is 0. The lowest BCUT2D eigenvalue weighted by molar-refractivity contribution is -0.122. The van der Waals surface area contributed by atoms with Crippen molar-refractivity contribution >= 4 is 5.91 Å². The Bertz CT molecular complexity index is 607. The van der Waals surface area contributed by atoms with E-state index in [1.54, 1.807) is 35.1 Å². The lowest BCUT2D eigenvalue weighted by Gasteiger charge is -2.16. The van der Waals surface area contributed by atoms with Crippen LogP contribution in [0.4, 0.5) is 0 Å². The number of carbonyl (C=O) groups is 1. The summed E-state index contributed by atoms with van der Waals surface area (Å²) in [6.45, 7) is 2.33. The summed E-state index contributed by atoms with van der Waals surface area (Å²) in [5.41, 5.74) is 2.00. The molecule has 1 amide bonds. The number of aryl methyl sites for hydroxylation is 2. The lowest BCUT2D eigenvalue weighted by atomic mass is 10.1. The number of aromatic hydroxyl groups is 1. The van der Waals surface area contributed by atoms with E-state index in [1.807, 2.05) is 13.1 Å². The van der Waals surface area contributed by atoms with Crippen LogP contribution in [0.1, 0.15) is 17.5 Å². The number of aliphatic hydroxyl groups is 1. The Labute approximate surface area is 129 Å². The van der Waals surface area contributed by atoms with E-state index in [2.05, 4.69) is 10.4 Å². The standard InChI is InChI=1S/C16H21N3O3/c1-12-9-17-19(10-12)7-6-16(22)18-14(11-20)8-13-2-4-15(21)5-3-13/h2-5,9-10,14,20-21H,6-8,11H2,1H3,(H,18,22)/t14-/m0/s1. The number of aromatic nitrogens is 2. The molecule has 0 saturated carbocycles. The van der Waals surface area contributed by atoms with Crippen LogP contribution in [0.5, 0.6) is 5.75 Å². The van der Waals surface area contributed by atoms with Crippen LogP contribution in [0.25, 0.3) is 0 Å². The van der Waals surface area contributed by atoms with Crippen molar-refractivity contribution in [1.82, 2.24) is 15.1 Å². The molecule has 0 radical (unpaired) electrons. The Kier molecular flexibility index (Phi) is 5.55. The zero-order valence-corrected chi connectivity index (χ0v) is 12.6. The van der Waals surface area contributed by atoms with Gasteiger partial charge in [-0.3, -0.25) is 9.48 Å². The Morgan fingerprint density at radius 1 is 1.36 bits per heavy atom. The van der Waals surface area contributed by atoms with Gasteiger partial charge in [0.2, 0.25) is 5.91 Å². The highest BCUT2D eigenvalue weighted by Gasteiger charge is 2.12. The van der Waals surface area contributed by atoms with Gasteiger partial charge in [-0.15, -0.1) is 0 Å². The van der Waals surface area contributed by atoms with Gasteiger partial charge in [0.25, 0.3) is 0 Å². The van der Waals surface area contributed by atoms with Crippen molar-refractivity contribution in [2.24, 2.45) is 0 Å². The maximum atomic E-state index is 11.9. The van der Waals surface area contributed by atoms with Gasteiger partial charge in [0.15, 0.2) is 0 Å². The number of phenols is 1. The van der Waals surface area contributed by atoms with Crippen molar-refractivity contribution in [3.63, 3.8) is 0 Å². The van der Waals surface area contributed by atoms with E-state index in [0.717, 1.165) is 11.1 Å². The molecule has 0 spiro atoms. The molecule has 0 aliphatic heterocycles. The molecule has 3 N–H and O–H groups in total. The van der Waals surface area contributed by atoms with Gasteiger partial charge in [-0.05, 0) is 36.6 Å². The minimum absolute atomic E-state index is 0.119. The van der Waals surface area contributed by atoms with Crippen LogP contribution >= 0.6 is 0 Å². The minimum Gasteiger partial charge on any atom is -0.508 e. The summed E-state index contributed by atoms with van der Waals surface area (Å²) >= 11 is 0. The van der Waals surface area contributed by atoms with E-state index in [-0.39, 0.29) is 24.3 Å². The molecule has 0 aliphatic rings. The molecule has 0 aliphatic carbocycles. The molecule has 22 heavy (non-hydrogen) atoms. The molecule has 6 heteroatoms. The molecule has 6 nitrogen and oxygen atoms in total. The Morgan fingerprint density at radius 2 is 2.09 bits per heavy atom. The van der Waals surface area contributed by atoms with Gasteiger partial charge < -0.3 is 15.5 Å². The van der Waals surface area contributed by atoms with Gasteiger partial charge in [-0.25, -0.2) is 0 Å². The Morgan fingerprint density at radius 3 is 2.68 bits per heavy atom. The summed E-state index contributed by atoms with van der Waals surface area (Å²) in [6.07, 6.45) is 4.46. The second kappa shape index (κ2) is 7.61. The molecule has 2 rings (SSSR count). The minimum atomic E-state index is -0.337. The average molecular weight is 303 g/mol. The molecular formula is C16H21N3O3. The van der Waals surface area contributed by atoms with E-state index in [1.165, 1.54) is 0 Å². The average Bonchev–Trinajstić information content (AvgIpc) is 2.92. The number of hydrogen-bond donors (Lipinski definition) is 3. The molecule has 2 aromatic rings. The SMILES string of the molecule is Cc1cnn(CCC(=O)N[C@H](CO)Cc2ccc(O)cc2)c1. The summed E-state index contributed by atoms with van der Waals surface area (Å²) in [6, 6.07) is 6.39. The molecule has 1 atom stereocenters. The third kappa shape index (κ3) is 4.89. The second-order valence-corrected chi connectivity index (χ2v) is 5.35. The Balaban J connectivity index is 1.81. The van der Waals surface area contributed by atoms with E-state index in [4.69, 9.17) is 0 Å². The van der Waals surface area contributed by atoms with Crippen LogP contribution in [0.15, 0.2) is 36.7 Å². The van der Waals surface area contributed by atoms with E-state index < -0.39 is 0 Å². The predicted molar refractivity (Wildman–Crippen MR) is 82.4 cm³/mol. The van der Waals surface area contributed by atoms with Crippen LogP contribution in [0, 0.1) is 6.92 Å². The fourth-order valence-corrected chi connectivity index (χ4v) is 2.18. The van der Waals surface area contributed by atoms with Gasteiger partial charge >= 0.3 is 0 Å². The van der Waals surface area contributed by atoms with Crippen LogP contribution in [-0.4, -0.2) is 38.5 Å². The number of benzene rings is 1. The maximum Gasteiger partial charge on any atom is 0.222 e. The zero-order chi connectivity index (χ0) is 15.9. The molecule has 0 bridgehead atoms. The van der Waals surface area contributed by atoms with Crippen molar-refractivity contribution in [3.05, 3.63) is 47.8 Å². The number of hydrogen-bond acceptors (Lipinski definition) is 4. The number of phenolic OH excluding ortho intramolecular Hbond substituents is 1. The van der Waals surface area contributed by atoms with Gasteiger partial charge in [0.1, 0.15) is 5.75 Å².